The third-order valence-corrected chi connectivity index (χ3v) is 4.24. The van der Waals surface area contributed by atoms with Crippen LogP contribution in [-0.2, 0) is 0 Å². The number of carbonyl (C=O) groups excluding carboxylic acids is 1. The predicted molar refractivity (Wildman–Crippen MR) is 68.1 cm³/mol. The summed E-state index contributed by atoms with van der Waals surface area (Å²) in [5, 5.41) is 0. The van der Waals surface area contributed by atoms with Crippen molar-refractivity contribution < 1.29 is 4.79 Å². The van der Waals surface area contributed by atoms with E-state index >= 15 is 0 Å². The first-order valence-corrected chi connectivity index (χ1v) is 6.65. The van der Waals surface area contributed by atoms with Gasteiger partial charge in [0.15, 0.2) is 5.78 Å². The summed E-state index contributed by atoms with van der Waals surface area (Å²) < 4.78 is 0. The Labute approximate surface area is 103 Å². The van der Waals surface area contributed by atoms with E-state index in [9.17, 15) is 4.79 Å². The van der Waals surface area contributed by atoms with Crippen LogP contribution in [0.2, 0.25) is 0 Å². The number of fused-ring (bicyclic) bond motifs is 2. The predicted octanol–water partition coefficient (Wildman–Crippen LogP) is 2.74. The van der Waals surface area contributed by atoms with Gasteiger partial charge in [-0.25, -0.2) is 0 Å². The second kappa shape index (κ2) is 4.61. The number of carbonyl (C=O) groups is 1. The molecular weight excluding hydrogens is 210 g/mol. The van der Waals surface area contributed by atoms with Gasteiger partial charge in [-0.3, -0.25) is 9.69 Å². The van der Waals surface area contributed by atoms with Crippen molar-refractivity contribution >= 4 is 5.78 Å². The fourth-order valence-corrected chi connectivity index (χ4v) is 3.31. The van der Waals surface area contributed by atoms with Crippen LogP contribution in [-0.4, -0.2) is 29.8 Å². The Hall–Kier alpha value is -1.15. The summed E-state index contributed by atoms with van der Waals surface area (Å²) in [5.74, 6) is 1.21. The zero-order valence-corrected chi connectivity index (χ0v) is 10.1. The highest BCUT2D eigenvalue weighted by molar-refractivity contribution is 5.96. The second-order valence-corrected chi connectivity index (χ2v) is 5.37. The summed E-state index contributed by atoms with van der Waals surface area (Å²) >= 11 is 0. The van der Waals surface area contributed by atoms with Gasteiger partial charge in [-0.15, -0.1) is 0 Å². The van der Waals surface area contributed by atoms with Crippen molar-refractivity contribution in [1.82, 2.24) is 4.90 Å². The van der Waals surface area contributed by atoms with Gasteiger partial charge < -0.3 is 0 Å². The monoisotopic (exact) mass is 229 g/mol. The molecule has 0 spiro atoms. The van der Waals surface area contributed by atoms with Crippen LogP contribution in [0.1, 0.15) is 36.0 Å². The van der Waals surface area contributed by atoms with Crippen molar-refractivity contribution in [2.24, 2.45) is 5.92 Å². The highest BCUT2D eigenvalue weighted by atomic mass is 16.1. The standard InChI is InChI=1S/C15H19NO/c17-15(13-4-2-1-3-5-13)8-9-16-11-12-6-7-14(16)10-12/h1-5,12,14H,6-11H2. The Morgan fingerprint density at radius 2 is 2.06 bits per heavy atom. The van der Waals surface area contributed by atoms with Crippen LogP contribution in [0.5, 0.6) is 0 Å². The average Bonchev–Trinajstić information content (AvgIpc) is 2.99. The van der Waals surface area contributed by atoms with E-state index in [0.29, 0.717) is 6.42 Å². The minimum Gasteiger partial charge on any atom is -0.300 e. The van der Waals surface area contributed by atoms with Crippen LogP contribution in [0.3, 0.4) is 0 Å². The van der Waals surface area contributed by atoms with E-state index in [1.165, 1.54) is 25.8 Å². The van der Waals surface area contributed by atoms with Gasteiger partial charge in [-0.05, 0) is 25.2 Å². The summed E-state index contributed by atoms with van der Waals surface area (Å²) in [4.78, 5) is 14.5. The number of hydrogen-bond donors (Lipinski definition) is 0. The molecule has 0 aromatic heterocycles. The van der Waals surface area contributed by atoms with Gasteiger partial charge >= 0.3 is 0 Å². The molecule has 2 nitrogen and oxygen atoms in total. The molecule has 1 heterocycles. The molecule has 0 radical (unpaired) electrons. The lowest BCUT2D eigenvalue weighted by Gasteiger charge is -2.26. The molecule has 2 atom stereocenters. The molecule has 17 heavy (non-hydrogen) atoms. The molecule has 1 aliphatic heterocycles. The maximum absolute atomic E-state index is 12.0. The molecule has 1 saturated carbocycles. The lowest BCUT2D eigenvalue weighted by molar-refractivity contribution is 0.0955. The van der Waals surface area contributed by atoms with Crippen molar-refractivity contribution in [2.75, 3.05) is 13.1 Å². The first kappa shape index (κ1) is 11.0. The largest absolute Gasteiger partial charge is 0.300 e. The lowest BCUT2D eigenvalue weighted by Crippen LogP contribution is -2.33. The Bertz CT molecular complexity index is 401. The molecule has 1 aliphatic carbocycles. The van der Waals surface area contributed by atoms with Gasteiger partial charge in [0.1, 0.15) is 0 Å². The van der Waals surface area contributed by atoms with E-state index in [-0.39, 0.29) is 5.78 Å². The maximum atomic E-state index is 12.0. The Morgan fingerprint density at radius 1 is 1.24 bits per heavy atom. The zero-order chi connectivity index (χ0) is 11.7. The first-order valence-electron chi connectivity index (χ1n) is 6.65. The zero-order valence-electron chi connectivity index (χ0n) is 10.1. The summed E-state index contributed by atoms with van der Waals surface area (Å²) in [6.45, 7) is 2.18. The van der Waals surface area contributed by atoms with Gasteiger partial charge in [0.05, 0.1) is 0 Å². The number of nitrogens with zero attached hydrogens (tertiary/aromatic N) is 1. The molecule has 0 amide bonds. The summed E-state index contributed by atoms with van der Waals surface area (Å²) in [5.41, 5.74) is 0.858. The number of hydrogen-bond acceptors (Lipinski definition) is 2. The number of Topliss-reactive ketones (excluding diaryl/α,β-unsaturated/α-hetero) is 1. The number of ketones is 1. The SMILES string of the molecule is O=C(CCN1CC2CCC1C2)c1ccccc1. The summed E-state index contributed by atoms with van der Waals surface area (Å²) in [6, 6.07) is 10.4. The van der Waals surface area contributed by atoms with Crippen molar-refractivity contribution in [3.05, 3.63) is 35.9 Å². The molecule has 90 valence electrons. The number of benzene rings is 1. The fraction of sp³-hybridized carbons (Fsp3) is 0.533. The van der Waals surface area contributed by atoms with Gasteiger partial charge in [0.25, 0.3) is 0 Å². The highest BCUT2D eigenvalue weighted by Gasteiger charge is 2.37. The molecular formula is C15H19NO. The summed E-state index contributed by atoms with van der Waals surface area (Å²) in [6.07, 6.45) is 4.81. The van der Waals surface area contributed by atoms with Crippen molar-refractivity contribution in [1.29, 1.82) is 0 Å². The van der Waals surface area contributed by atoms with E-state index in [4.69, 9.17) is 0 Å². The van der Waals surface area contributed by atoms with Crippen LogP contribution in [0.4, 0.5) is 0 Å². The maximum Gasteiger partial charge on any atom is 0.164 e. The summed E-state index contributed by atoms with van der Waals surface area (Å²) in [7, 11) is 0. The van der Waals surface area contributed by atoms with Crippen molar-refractivity contribution in [3.63, 3.8) is 0 Å². The molecule has 0 N–H and O–H groups in total. The molecule has 2 fully saturated rings. The van der Waals surface area contributed by atoms with Gasteiger partial charge in [0.2, 0.25) is 0 Å². The van der Waals surface area contributed by atoms with Crippen LogP contribution < -0.4 is 0 Å². The van der Waals surface area contributed by atoms with Gasteiger partial charge in [-0.1, -0.05) is 30.3 Å². The van der Waals surface area contributed by atoms with Gasteiger partial charge in [-0.2, -0.15) is 0 Å². The van der Waals surface area contributed by atoms with Crippen LogP contribution in [0.25, 0.3) is 0 Å². The Balaban J connectivity index is 1.53. The number of piperidine rings is 1. The molecule has 2 unspecified atom stereocenters. The normalized spacial score (nSPS) is 27.5. The minimum atomic E-state index is 0.286. The number of rotatable bonds is 4. The molecule has 2 aliphatic rings. The average molecular weight is 229 g/mol. The van der Waals surface area contributed by atoms with Crippen LogP contribution >= 0.6 is 0 Å². The first-order chi connectivity index (χ1) is 8.33. The van der Waals surface area contributed by atoms with Crippen molar-refractivity contribution in [3.8, 4) is 0 Å². The van der Waals surface area contributed by atoms with Crippen molar-refractivity contribution in [2.45, 2.75) is 31.7 Å². The lowest BCUT2D eigenvalue weighted by atomic mass is 10.1. The smallest absolute Gasteiger partial charge is 0.164 e. The second-order valence-electron chi connectivity index (χ2n) is 5.37. The van der Waals surface area contributed by atoms with E-state index in [0.717, 1.165) is 24.1 Å². The quantitative estimate of drug-likeness (QED) is 0.740. The molecule has 1 saturated heterocycles. The Morgan fingerprint density at radius 3 is 2.71 bits per heavy atom. The van der Waals surface area contributed by atoms with E-state index < -0.39 is 0 Å². The van der Waals surface area contributed by atoms with Crippen LogP contribution in [0.15, 0.2) is 30.3 Å². The highest BCUT2D eigenvalue weighted by Crippen LogP contribution is 2.37. The molecule has 2 bridgehead atoms. The topological polar surface area (TPSA) is 20.3 Å². The van der Waals surface area contributed by atoms with E-state index in [1.807, 2.05) is 30.3 Å². The third-order valence-electron chi connectivity index (χ3n) is 4.24. The molecule has 2 heteroatoms. The van der Waals surface area contributed by atoms with E-state index in [1.54, 1.807) is 0 Å². The van der Waals surface area contributed by atoms with Crippen LogP contribution in [0, 0.1) is 5.92 Å². The molecule has 3 rings (SSSR count). The fourth-order valence-electron chi connectivity index (χ4n) is 3.31. The minimum absolute atomic E-state index is 0.286. The van der Waals surface area contributed by atoms with Gasteiger partial charge in [0, 0.05) is 31.1 Å². The third kappa shape index (κ3) is 2.27. The van der Waals surface area contributed by atoms with E-state index in [2.05, 4.69) is 4.90 Å². The number of likely N-dealkylation sites (tertiary alicyclic amines) is 1. The molecule has 1 aromatic carbocycles. The Kier molecular flexibility index (Phi) is 2.98. The molecule has 1 aromatic rings.